The van der Waals surface area contributed by atoms with Crippen molar-refractivity contribution in [2.45, 2.75) is 46.1 Å². The highest BCUT2D eigenvalue weighted by Crippen LogP contribution is 2.30. The highest BCUT2D eigenvalue weighted by Gasteiger charge is 2.34. The molecule has 0 aromatic rings. The molecule has 1 aliphatic rings. The van der Waals surface area contributed by atoms with Crippen molar-refractivity contribution in [3.05, 3.63) is 0 Å². The smallest absolute Gasteiger partial charge is 0.225 e. The predicted octanol–water partition coefficient (Wildman–Crippen LogP) is 1.62. The number of hydrogen-bond donors (Lipinski definition) is 1. The van der Waals surface area contributed by atoms with E-state index in [0.717, 1.165) is 32.4 Å². The molecule has 0 bridgehead atoms. The molecule has 1 fully saturated rings. The maximum Gasteiger partial charge on any atom is 0.225 e. The van der Waals surface area contributed by atoms with Crippen molar-refractivity contribution in [1.82, 2.24) is 4.90 Å². The molecule has 0 saturated heterocycles. The number of carbonyl (C=O) groups is 1. The minimum atomic E-state index is 0.161. The molecule has 2 N–H and O–H groups in total. The van der Waals surface area contributed by atoms with Gasteiger partial charge in [0.2, 0.25) is 5.91 Å². The first-order valence-corrected chi connectivity index (χ1v) is 6.16. The van der Waals surface area contributed by atoms with Crippen LogP contribution in [0, 0.1) is 11.8 Å². The summed E-state index contributed by atoms with van der Waals surface area (Å²) in [5, 5.41) is 0. The maximum atomic E-state index is 12.2. The van der Waals surface area contributed by atoms with Crippen molar-refractivity contribution in [3.63, 3.8) is 0 Å². The first-order valence-electron chi connectivity index (χ1n) is 6.16. The van der Waals surface area contributed by atoms with Crippen LogP contribution in [-0.2, 0) is 4.79 Å². The fourth-order valence-electron chi connectivity index (χ4n) is 2.52. The molecule has 15 heavy (non-hydrogen) atoms. The second-order valence-corrected chi connectivity index (χ2v) is 4.57. The molecule has 3 heteroatoms. The number of hydrogen-bond acceptors (Lipinski definition) is 2. The van der Waals surface area contributed by atoms with Crippen LogP contribution < -0.4 is 5.73 Å². The summed E-state index contributed by atoms with van der Waals surface area (Å²) in [6.07, 6.45) is 3.19. The van der Waals surface area contributed by atoms with E-state index in [2.05, 4.69) is 6.92 Å². The predicted molar refractivity (Wildman–Crippen MR) is 62.4 cm³/mol. The van der Waals surface area contributed by atoms with Gasteiger partial charge in [-0.1, -0.05) is 13.3 Å². The molecule has 88 valence electrons. The number of rotatable bonds is 3. The molecule has 0 aromatic carbocycles. The van der Waals surface area contributed by atoms with E-state index in [0.29, 0.717) is 11.8 Å². The van der Waals surface area contributed by atoms with Gasteiger partial charge in [0, 0.05) is 25.0 Å². The van der Waals surface area contributed by atoms with E-state index in [1.54, 1.807) is 0 Å². The monoisotopic (exact) mass is 212 g/mol. The highest BCUT2D eigenvalue weighted by atomic mass is 16.2. The van der Waals surface area contributed by atoms with Crippen molar-refractivity contribution in [2.24, 2.45) is 17.6 Å². The van der Waals surface area contributed by atoms with Gasteiger partial charge in [0.15, 0.2) is 0 Å². The van der Waals surface area contributed by atoms with Gasteiger partial charge in [0.1, 0.15) is 0 Å². The minimum absolute atomic E-state index is 0.161. The van der Waals surface area contributed by atoms with E-state index in [-0.39, 0.29) is 12.0 Å². The second-order valence-electron chi connectivity index (χ2n) is 4.57. The SMILES string of the molecule is CCN(CC)C(=O)C1CCCC(N)C1C. The molecule has 1 rings (SSSR count). The summed E-state index contributed by atoms with van der Waals surface area (Å²) in [5.41, 5.74) is 6.02. The highest BCUT2D eigenvalue weighted by molar-refractivity contribution is 5.79. The van der Waals surface area contributed by atoms with Gasteiger partial charge in [-0.15, -0.1) is 0 Å². The minimum Gasteiger partial charge on any atom is -0.343 e. The van der Waals surface area contributed by atoms with Crippen LogP contribution in [0.2, 0.25) is 0 Å². The lowest BCUT2D eigenvalue weighted by Gasteiger charge is -2.35. The Hall–Kier alpha value is -0.570. The molecule has 0 heterocycles. The van der Waals surface area contributed by atoms with E-state index in [4.69, 9.17) is 5.73 Å². The van der Waals surface area contributed by atoms with Crippen LogP contribution in [0.15, 0.2) is 0 Å². The zero-order valence-electron chi connectivity index (χ0n) is 10.2. The van der Waals surface area contributed by atoms with E-state index in [1.807, 2.05) is 18.7 Å². The molecule has 3 nitrogen and oxygen atoms in total. The molecular formula is C12H24N2O. The fourth-order valence-corrected chi connectivity index (χ4v) is 2.52. The van der Waals surface area contributed by atoms with Crippen LogP contribution in [0.3, 0.4) is 0 Å². The van der Waals surface area contributed by atoms with Gasteiger partial charge >= 0.3 is 0 Å². The van der Waals surface area contributed by atoms with Crippen molar-refractivity contribution >= 4 is 5.91 Å². The second kappa shape index (κ2) is 5.50. The van der Waals surface area contributed by atoms with E-state index < -0.39 is 0 Å². The summed E-state index contributed by atoms with van der Waals surface area (Å²) in [4.78, 5) is 14.1. The Morgan fingerprint density at radius 3 is 2.47 bits per heavy atom. The Morgan fingerprint density at radius 1 is 1.33 bits per heavy atom. The largest absolute Gasteiger partial charge is 0.343 e. The van der Waals surface area contributed by atoms with Crippen molar-refractivity contribution in [1.29, 1.82) is 0 Å². The average Bonchev–Trinajstić information content (AvgIpc) is 2.23. The Balaban J connectivity index is 2.65. The van der Waals surface area contributed by atoms with Gasteiger partial charge in [-0.2, -0.15) is 0 Å². The summed E-state index contributed by atoms with van der Waals surface area (Å²) in [6.45, 7) is 7.82. The quantitative estimate of drug-likeness (QED) is 0.772. The molecule has 0 aliphatic heterocycles. The number of amides is 1. The van der Waals surface area contributed by atoms with Crippen LogP contribution in [0.25, 0.3) is 0 Å². The number of nitrogens with two attached hydrogens (primary N) is 1. The molecule has 0 aromatic heterocycles. The van der Waals surface area contributed by atoms with Gasteiger partial charge in [0.25, 0.3) is 0 Å². The van der Waals surface area contributed by atoms with Crippen molar-refractivity contribution in [2.75, 3.05) is 13.1 Å². The van der Waals surface area contributed by atoms with Gasteiger partial charge in [-0.25, -0.2) is 0 Å². The van der Waals surface area contributed by atoms with Crippen molar-refractivity contribution < 1.29 is 4.79 Å². The first kappa shape index (κ1) is 12.5. The average molecular weight is 212 g/mol. The van der Waals surface area contributed by atoms with Crippen LogP contribution >= 0.6 is 0 Å². The summed E-state index contributed by atoms with van der Waals surface area (Å²) in [5.74, 6) is 0.808. The van der Waals surface area contributed by atoms with Gasteiger partial charge in [-0.05, 0) is 32.6 Å². The molecular weight excluding hydrogens is 188 g/mol. The summed E-state index contributed by atoms with van der Waals surface area (Å²) < 4.78 is 0. The van der Waals surface area contributed by atoms with Gasteiger partial charge in [0.05, 0.1) is 0 Å². The Morgan fingerprint density at radius 2 is 1.93 bits per heavy atom. The molecule has 1 aliphatic carbocycles. The van der Waals surface area contributed by atoms with Crippen LogP contribution in [0.1, 0.15) is 40.0 Å². The normalized spacial score (nSPS) is 31.3. The molecule has 3 unspecified atom stereocenters. The van der Waals surface area contributed by atoms with E-state index in [9.17, 15) is 4.79 Å². The van der Waals surface area contributed by atoms with Crippen LogP contribution in [-0.4, -0.2) is 29.9 Å². The third-order valence-electron chi connectivity index (χ3n) is 3.75. The molecule has 1 saturated carbocycles. The van der Waals surface area contributed by atoms with Gasteiger partial charge in [-0.3, -0.25) is 4.79 Å². The third kappa shape index (κ3) is 2.71. The summed E-state index contributed by atoms with van der Waals surface area (Å²) in [6, 6.07) is 0.211. The Labute approximate surface area is 93.0 Å². The number of nitrogens with zero attached hydrogens (tertiary/aromatic N) is 1. The fraction of sp³-hybridized carbons (Fsp3) is 0.917. The molecule has 3 atom stereocenters. The summed E-state index contributed by atoms with van der Waals surface area (Å²) in [7, 11) is 0. The third-order valence-corrected chi connectivity index (χ3v) is 3.75. The van der Waals surface area contributed by atoms with Crippen LogP contribution in [0.5, 0.6) is 0 Å². The van der Waals surface area contributed by atoms with E-state index in [1.165, 1.54) is 0 Å². The number of carbonyl (C=O) groups excluding carboxylic acids is 1. The van der Waals surface area contributed by atoms with Gasteiger partial charge < -0.3 is 10.6 Å². The van der Waals surface area contributed by atoms with E-state index >= 15 is 0 Å². The molecule has 0 radical (unpaired) electrons. The maximum absolute atomic E-state index is 12.2. The lowest BCUT2D eigenvalue weighted by Crippen LogP contribution is -2.45. The molecule has 1 amide bonds. The first-order chi connectivity index (χ1) is 7.11. The standard InChI is InChI=1S/C12H24N2O/c1-4-14(5-2)12(15)10-7-6-8-11(13)9(10)3/h9-11H,4-8,13H2,1-3H3. The van der Waals surface area contributed by atoms with Crippen LogP contribution in [0.4, 0.5) is 0 Å². The lowest BCUT2D eigenvalue weighted by atomic mass is 9.76. The summed E-state index contributed by atoms with van der Waals surface area (Å²) >= 11 is 0. The molecule has 0 spiro atoms. The Kier molecular flexibility index (Phi) is 4.58. The zero-order valence-corrected chi connectivity index (χ0v) is 10.2. The Bertz CT molecular complexity index is 214. The lowest BCUT2D eigenvalue weighted by molar-refractivity contribution is -0.138. The zero-order chi connectivity index (χ0) is 11.4. The topological polar surface area (TPSA) is 46.3 Å². The van der Waals surface area contributed by atoms with Crippen molar-refractivity contribution in [3.8, 4) is 0 Å².